The van der Waals surface area contributed by atoms with Crippen molar-refractivity contribution in [1.82, 2.24) is 0 Å². The molecule has 0 aromatic carbocycles. The normalized spacial score (nSPS) is 45.6. The van der Waals surface area contributed by atoms with Crippen molar-refractivity contribution in [3.63, 3.8) is 0 Å². The summed E-state index contributed by atoms with van der Waals surface area (Å²) in [5, 5.41) is 23.9. The zero-order valence-electron chi connectivity index (χ0n) is 19.7. The fraction of sp³-hybridized carbons (Fsp3) is 0.692. The van der Waals surface area contributed by atoms with E-state index in [0.717, 1.165) is 6.42 Å². The average Bonchev–Trinajstić information content (AvgIpc) is 3.21. The molecule has 31 heavy (non-hydrogen) atoms. The first-order valence-electron chi connectivity index (χ1n) is 11.6. The van der Waals surface area contributed by atoms with E-state index >= 15 is 0 Å². The van der Waals surface area contributed by atoms with Gasteiger partial charge in [-0.05, 0) is 67.9 Å². The summed E-state index contributed by atoms with van der Waals surface area (Å²) in [4.78, 5) is 26.9. The summed E-state index contributed by atoms with van der Waals surface area (Å²) in [6.45, 7) is 13.6. The Kier molecular flexibility index (Phi) is 4.99. The van der Waals surface area contributed by atoms with Crippen LogP contribution in [0.1, 0.15) is 61.3 Å². The SMILES string of the molecule is C/C=C(/C)C(=O)O[C@H]1C(C)=CC23C(=O)C(C=C(CC)[C@@H](O)[C@]12O)[C@H]1[C@@H](C[C@H]3C)C1(C)C. The van der Waals surface area contributed by atoms with Crippen molar-refractivity contribution in [2.75, 3.05) is 0 Å². The number of fused-ring (bicyclic) bond motifs is 3. The van der Waals surface area contributed by atoms with Crippen LogP contribution >= 0.6 is 0 Å². The van der Waals surface area contributed by atoms with E-state index in [1.54, 1.807) is 26.8 Å². The summed E-state index contributed by atoms with van der Waals surface area (Å²) in [5.41, 5.74) is -1.43. The van der Waals surface area contributed by atoms with Crippen molar-refractivity contribution in [3.8, 4) is 0 Å². The molecule has 4 aliphatic rings. The number of hydrogen-bond donors (Lipinski definition) is 2. The molecule has 0 aliphatic heterocycles. The number of esters is 1. The van der Waals surface area contributed by atoms with Gasteiger partial charge in [-0.3, -0.25) is 4.79 Å². The number of aliphatic hydroxyl groups is 2. The number of carbonyl (C=O) groups excluding carboxylic acids is 2. The van der Waals surface area contributed by atoms with Crippen molar-refractivity contribution >= 4 is 11.8 Å². The first kappa shape index (κ1) is 22.5. The van der Waals surface area contributed by atoms with Crippen molar-refractivity contribution in [2.24, 2.45) is 34.5 Å². The molecule has 2 unspecified atom stereocenters. The second-order valence-corrected chi connectivity index (χ2v) is 10.8. The molecule has 5 nitrogen and oxygen atoms in total. The van der Waals surface area contributed by atoms with E-state index in [9.17, 15) is 19.8 Å². The van der Waals surface area contributed by atoms with Gasteiger partial charge in [0.05, 0.1) is 5.41 Å². The van der Waals surface area contributed by atoms with Crippen LogP contribution in [0.5, 0.6) is 0 Å². The molecule has 8 atom stereocenters. The molecule has 4 aliphatic carbocycles. The van der Waals surface area contributed by atoms with Crippen molar-refractivity contribution < 1.29 is 24.5 Å². The summed E-state index contributed by atoms with van der Waals surface area (Å²) in [5.74, 6) is -0.518. The van der Waals surface area contributed by atoms with Gasteiger partial charge in [0.1, 0.15) is 6.10 Å². The van der Waals surface area contributed by atoms with Gasteiger partial charge in [0, 0.05) is 11.5 Å². The Morgan fingerprint density at radius 2 is 2.00 bits per heavy atom. The molecule has 1 spiro atoms. The molecule has 170 valence electrons. The van der Waals surface area contributed by atoms with Gasteiger partial charge < -0.3 is 14.9 Å². The second kappa shape index (κ2) is 6.89. The predicted octanol–water partition coefficient (Wildman–Crippen LogP) is 3.75. The van der Waals surface area contributed by atoms with Crippen molar-refractivity contribution in [3.05, 3.63) is 34.9 Å². The Morgan fingerprint density at radius 1 is 1.35 bits per heavy atom. The van der Waals surface area contributed by atoms with Crippen LogP contribution in [0.4, 0.5) is 0 Å². The highest BCUT2D eigenvalue weighted by molar-refractivity contribution is 5.96. The molecule has 0 radical (unpaired) electrons. The van der Waals surface area contributed by atoms with E-state index in [0.29, 0.717) is 29.1 Å². The Morgan fingerprint density at radius 3 is 2.58 bits per heavy atom. The number of allylic oxidation sites excluding steroid dienone is 2. The quantitative estimate of drug-likeness (QED) is 0.406. The predicted molar refractivity (Wildman–Crippen MR) is 118 cm³/mol. The van der Waals surface area contributed by atoms with E-state index in [-0.39, 0.29) is 29.0 Å². The van der Waals surface area contributed by atoms with Gasteiger partial charge in [-0.1, -0.05) is 45.9 Å². The Bertz CT molecular complexity index is 924. The smallest absolute Gasteiger partial charge is 0.334 e. The van der Waals surface area contributed by atoms with E-state index in [4.69, 9.17) is 4.74 Å². The van der Waals surface area contributed by atoms with Gasteiger partial charge in [-0.25, -0.2) is 4.79 Å². The third-order valence-electron chi connectivity index (χ3n) is 9.10. The van der Waals surface area contributed by atoms with E-state index in [1.807, 2.05) is 26.0 Å². The van der Waals surface area contributed by atoms with Crippen LogP contribution in [0, 0.1) is 34.5 Å². The summed E-state index contributed by atoms with van der Waals surface area (Å²) in [7, 11) is 0. The minimum absolute atomic E-state index is 0.0382. The number of ketones is 1. The van der Waals surface area contributed by atoms with Crippen LogP contribution in [0.3, 0.4) is 0 Å². The van der Waals surface area contributed by atoms with Crippen LogP contribution in [-0.4, -0.2) is 39.8 Å². The van der Waals surface area contributed by atoms with E-state index < -0.39 is 29.2 Å². The first-order valence-corrected chi connectivity index (χ1v) is 11.6. The lowest BCUT2D eigenvalue weighted by Gasteiger charge is -2.48. The molecular formula is C26H36O5. The van der Waals surface area contributed by atoms with Crippen LogP contribution < -0.4 is 0 Å². The lowest BCUT2D eigenvalue weighted by molar-refractivity contribution is -0.201. The standard InChI is InChI=1S/C26H36O5/c1-8-13(3)23(29)31-22-14(4)12-25-15(5)10-18-19(24(18,6)7)17(21(25)28)11-16(9-2)20(27)26(22,25)30/h8,11-12,15,17-20,22,27,30H,9-10H2,1-7H3/b13-8-/t15-,17?,18-,19+,20-,22+,25?,26+/m1/s1. The molecule has 0 saturated heterocycles. The van der Waals surface area contributed by atoms with Gasteiger partial charge in [0.15, 0.2) is 17.5 Å². The zero-order valence-corrected chi connectivity index (χ0v) is 19.7. The van der Waals surface area contributed by atoms with Crippen LogP contribution in [0.2, 0.25) is 0 Å². The maximum atomic E-state index is 14.3. The third kappa shape index (κ3) is 2.62. The number of ether oxygens (including phenoxy) is 1. The van der Waals surface area contributed by atoms with Crippen molar-refractivity contribution in [1.29, 1.82) is 0 Å². The Balaban J connectivity index is 1.91. The molecule has 0 heterocycles. The van der Waals surface area contributed by atoms with Gasteiger partial charge in [0.25, 0.3) is 0 Å². The van der Waals surface area contributed by atoms with E-state index in [2.05, 4.69) is 13.8 Å². The average molecular weight is 429 g/mol. The summed E-state index contributed by atoms with van der Waals surface area (Å²) >= 11 is 0. The molecule has 2 bridgehead atoms. The molecule has 0 aromatic rings. The maximum absolute atomic E-state index is 14.3. The van der Waals surface area contributed by atoms with Crippen LogP contribution in [0.15, 0.2) is 34.9 Å². The lowest BCUT2D eigenvalue weighted by atomic mass is 9.59. The van der Waals surface area contributed by atoms with Gasteiger partial charge in [0.2, 0.25) is 0 Å². The zero-order chi connectivity index (χ0) is 23.1. The number of carbonyl (C=O) groups is 2. The fourth-order valence-corrected chi connectivity index (χ4v) is 7.08. The first-order chi connectivity index (χ1) is 14.4. The fourth-order valence-electron chi connectivity index (χ4n) is 7.08. The number of Topliss-reactive ketones (excluding diaryl/α,β-unsaturated/α-hetero) is 1. The molecule has 0 amide bonds. The van der Waals surface area contributed by atoms with Gasteiger partial charge >= 0.3 is 5.97 Å². The monoisotopic (exact) mass is 428 g/mol. The van der Waals surface area contributed by atoms with Gasteiger partial charge in [-0.2, -0.15) is 0 Å². The highest BCUT2D eigenvalue weighted by Gasteiger charge is 2.76. The van der Waals surface area contributed by atoms with Crippen LogP contribution in [-0.2, 0) is 14.3 Å². The van der Waals surface area contributed by atoms with Crippen LogP contribution in [0.25, 0.3) is 0 Å². The summed E-state index contributed by atoms with van der Waals surface area (Å²) < 4.78 is 5.81. The molecule has 2 saturated carbocycles. The van der Waals surface area contributed by atoms with Gasteiger partial charge in [-0.15, -0.1) is 0 Å². The Hall–Kier alpha value is -1.72. The minimum Gasteiger partial charge on any atom is -0.451 e. The molecule has 2 N–H and O–H groups in total. The summed E-state index contributed by atoms with van der Waals surface area (Å²) in [6.07, 6.45) is 4.35. The van der Waals surface area contributed by atoms with E-state index in [1.165, 1.54) is 0 Å². The summed E-state index contributed by atoms with van der Waals surface area (Å²) in [6, 6.07) is 0. The maximum Gasteiger partial charge on any atom is 0.334 e. The number of hydrogen-bond acceptors (Lipinski definition) is 5. The second-order valence-electron chi connectivity index (χ2n) is 10.8. The van der Waals surface area contributed by atoms with Crippen molar-refractivity contribution in [2.45, 2.75) is 79.1 Å². The third-order valence-corrected chi connectivity index (χ3v) is 9.10. The molecule has 0 aromatic heterocycles. The highest BCUT2D eigenvalue weighted by Crippen LogP contribution is 2.71. The number of aliphatic hydroxyl groups excluding tert-OH is 1. The largest absolute Gasteiger partial charge is 0.451 e. The molecular weight excluding hydrogens is 392 g/mol. The highest BCUT2D eigenvalue weighted by atomic mass is 16.6. The topological polar surface area (TPSA) is 83.8 Å². The molecule has 4 rings (SSSR count). The Labute approximate surface area is 185 Å². The number of rotatable bonds is 3. The lowest BCUT2D eigenvalue weighted by Crippen LogP contribution is -2.65. The molecule has 5 heteroatoms. The minimum atomic E-state index is -1.92. The molecule has 2 fully saturated rings.